The van der Waals surface area contributed by atoms with Crippen molar-refractivity contribution >= 4 is 0 Å². The van der Waals surface area contributed by atoms with Gasteiger partial charge in [0.1, 0.15) is 0 Å². The molecular formula is CH3N2O-. The molecule has 0 aromatic carbocycles. The number of hydrogen-bond donors (Lipinski definition) is 0. The highest BCUT2D eigenvalue weighted by Gasteiger charge is 1.21. The second-order valence-electron chi connectivity index (χ2n) is 0.182. The van der Waals surface area contributed by atoms with Crippen molar-refractivity contribution in [3.63, 3.8) is 0 Å². The lowest BCUT2D eigenvalue weighted by Gasteiger charge is -1.75. The average Bonchev–Trinajstić information content (AvgIpc) is 1.30. The zero-order valence-corrected chi connectivity index (χ0v) is 1.80. The lowest BCUT2D eigenvalue weighted by atomic mass is 11.6. The molecule has 0 amide bonds. The van der Waals surface area contributed by atoms with Crippen molar-refractivity contribution in [1.29, 1.82) is 0 Å². The van der Waals surface area contributed by atoms with Crippen LogP contribution in [0.5, 0.6) is 0 Å². The Morgan fingerprint density at radius 2 is 3.00 bits per heavy atom. The van der Waals surface area contributed by atoms with Crippen LogP contribution in [0, 0.1) is 5.21 Å². The maximum Gasteiger partial charge on any atom is 0.0497 e. The molecule has 0 saturated carbocycles. The van der Waals surface area contributed by atoms with Crippen molar-refractivity contribution in [2.45, 2.75) is 0 Å². The summed E-state index contributed by atoms with van der Waals surface area (Å²) in [6.07, 6.45) is 0. The Labute approximate surface area is 28.1 Å². The number of hydrogen-bond acceptors (Lipinski definition) is 3. The van der Waals surface area contributed by atoms with Crippen molar-refractivity contribution in [3.8, 4) is 0 Å². The molecule has 0 atom stereocenters. The van der Waals surface area contributed by atoms with Crippen LogP contribution >= 0.6 is 0 Å². The van der Waals surface area contributed by atoms with Gasteiger partial charge in [-0.25, -0.2) is 10.4 Å². The summed E-state index contributed by atoms with van der Waals surface area (Å²) in [4.78, 5) is 0. The summed E-state index contributed by atoms with van der Waals surface area (Å²) >= 11 is 0. The van der Waals surface area contributed by atoms with Crippen LogP contribution in [-0.4, -0.2) is 6.98 Å². The van der Waals surface area contributed by atoms with Gasteiger partial charge in [0.25, 0.3) is 0 Å². The van der Waals surface area contributed by atoms with Crippen LogP contribution in [0.2, 0.25) is 0 Å². The largest absolute Gasteiger partial charge is 0.775 e. The minimum Gasteiger partial charge on any atom is -0.775 e. The van der Waals surface area contributed by atoms with Gasteiger partial charge in [0.05, 0.1) is 0 Å². The third-order valence-corrected chi connectivity index (χ3v) is 0.0408. The van der Waals surface area contributed by atoms with Crippen LogP contribution in [0.4, 0.5) is 0 Å². The summed E-state index contributed by atoms with van der Waals surface area (Å²) in [5.41, 5.74) is 0. The quantitative estimate of drug-likeness (QED) is 0.299. The molecule has 0 radical (unpaired) electrons. The topological polar surface area (TPSA) is 47.8 Å². The summed E-state index contributed by atoms with van der Waals surface area (Å²) < 4.78 is 18.6. The van der Waals surface area contributed by atoms with E-state index in [0.29, 0.717) is 0 Å². The zero-order valence-electron chi connectivity index (χ0n) is 4.80. The molecule has 24 valence electrons. The molecule has 0 N–H and O–H groups in total. The van der Waals surface area contributed by atoms with Gasteiger partial charge in [-0.05, 0) is 0 Å². The van der Waals surface area contributed by atoms with E-state index in [2.05, 4.69) is 5.11 Å². The van der Waals surface area contributed by atoms with E-state index in [1.165, 1.54) is 0 Å². The fourth-order valence-electron chi connectivity index (χ4n) is 0. The molecule has 0 heterocycles. The smallest absolute Gasteiger partial charge is 0.0497 e. The molecule has 0 rings (SSSR count). The van der Waals surface area contributed by atoms with E-state index < -0.39 is 6.98 Å². The normalized spacial score (nSPS) is 23.5. The predicted molar refractivity (Wildman–Crippen MR) is 14.1 cm³/mol. The zero-order chi connectivity index (χ0) is 5.91. The molecular weight excluding hydrogens is 56.0 g/mol. The lowest BCUT2D eigenvalue weighted by molar-refractivity contribution is 1.17. The molecule has 0 aliphatic carbocycles. The molecule has 0 aliphatic rings. The van der Waals surface area contributed by atoms with E-state index in [9.17, 15) is 0 Å². The molecule has 0 aliphatic heterocycles. The van der Waals surface area contributed by atoms with E-state index in [-0.39, 0.29) is 0 Å². The maximum absolute atomic E-state index is 9.04. The maximum atomic E-state index is 9.04. The van der Waals surface area contributed by atoms with Gasteiger partial charge < -0.3 is 5.21 Å². The van der Waals surface area contributed by atoms with Gasteiger partial charge in [0.2, 0.25) is 0 Å². The molecule has 0 bridgehead atoms. The summed E-state index contributed by atoms with van der Waals surface area (Å²) in [5, 5.41) is 13.2. The van der Waals surface area contributed by atoms with Crippen LogP contribution in [0.1, 0.15) is 4.11 Å². The highest BCUT2D eigenvalue weighted by molar-refractivity contribution is 4.17. The number of nitrogens with zero attached hydrogens (tertiary/aromatic N) is 2. The molecule has 0 unspecified atom stereocenters. The summed E-state index contributed by atoms with van der Waals surface area (Å²) in [7, 11) is 0. The highest BCUT2D eigenvalue weighted by Crippen LogP contribution is 1.52. The van der Waals surface area contributed by atoms with Crippen molar-refractivity contribution in [1.82, 2.24) is 0 Å². The lowest BCUT2D eigenvalue weighted by Crippen LogP contribution is -1.33. The Bertz CT molecular complexity index is 75.5. The molecule has 4 heavy (non-hydrogen) atoms. The fourth-order valence-corrected chi connectivity index (χ4v) is 0. The first-order valence-electron chi connectivity index (χ1n) is 2.11. The molecule has 0 fully saturated rings. The predicted octanol–water partition coefficient (Wildman–Crippen LogP) is 0.566. The van der Waals surface area contributed by atoms with Gasteiger partial charge in [0.15, 0.2) is 0 Å². The van der Waals surface area contributed by atoms with E-state index in [0.717, 1.165) is 0 Å². The second kappa shape index (κ2) is 2.40. The number of rotatable bonds is 0. The highest BCUT2D eigenvalue weighted by atomic mass is 16.5. The van der Waals surface area contributed by atoms with E-state index >= 15 is 0 Å². The van der Waals surface area contributed by atoms with Crippen LogP contribution in [-0.2, 0) is 0 Å². The van der Waals surface area contributed by atoms with Crippen LogP contribution in [0.15, 0.2) is 10.4 Å². The third kappa shape index (κ3) is 1.40. The van der Waals surface area contributed by atoms with E-state index in [1.54, 1.807) is 0 Å². The minimum atomic E-state index is -2.55. The first kappa shape index (κ1) is 0.672. The Kier molecular flexibility index (Phi) is 0.403. The van der Waals surface area contributed by atoms with E-state index in [1.807, 2.05) is 5.28 Å². The van der Waals surface area contributed by atoms with E-state index in [4.69, 9.17) is 9.32 Å². The molecule has 0 aromatic rings. The van der Waals surface area contributed by atoms with Gasteiger partial charge in [-0.2, -0.15) is 0 Å². The van der Waals surface area contributed by atoms with Gasteiger partial charge in [-0.3, -0.25) is 0 Å². The van der Waals surface area contributed by atoms with Gasteiger partial charge in [0, 0.05) is 11.1 Å². The second-order valence-corrected chi connectivity index (χ2v) is 0.182. The SMILES string of the molecule is [2H]C([2H])([2H])N=N[O-]. The molecule has 0 saturated heterocycles. The first-order chi connectivity index (χ1) is 3.06. The standard InChI is InChI=1S/CH4N2O/c1-2-3-4/h1H3,(H,2,4)/p-1/i1D3. The van der Waals surface area contributed by atoms with Crippen molar-refractivity contribution in [2.75, 3.05) is 6.98 Å². The van der Waals surface area contributed by atoms with Crippen LogP contribution in [0.25, 0.3) is 0 Å². The van der Waals surface area contributed by atoms with Crippen molar-refractivity contribution < 1.29 is 4.11 Å². The summed E-state index contributed by atoms with van der Waals surface area (Å²) in [5.74, 6) is 0. The Morgan fingerprint density at radius 1 is 2.25 bits per heavy atom. The minimum absolute atomic E-state index is 1.82. The Morgan fingerprint density at radius 3 is 3.00 bits per heavy atom. The summed E-state index contributed by atoms with van der Waals surface area (Å²) in [6.45, 7) is -2.55. The van der Waals surface area contributed by atoms with Gasteiger partial charge in [-0.15, -0.1) is 0 Å². The molecule has 0 aromatic heterocycles. The summed E-state index contributed by atoms with van der Waals surface area (Å²) in [6, 6.07) is 0. The van der Waals surface area contributed by atoms with Crippen LogP contribution < -0.4 is 0 Å². The average molecular weight is 62.1 g/mol. The van der Waals surface area contributed by atoms with Crippen molar-refractivity contribution in [2.24, 2.45) is 10.4 Å². The van der Waals surface area contributed by atoms with Crippen molar-refractivity contribution in [3.05, 3.63) is 5.21 Å². The molecule has 3 heteroatoms. The Hall–Kier alpha value is -0.600. The molecule has 0 spiro atoms. The Balaban J connectivity index is 3.56. The van der Waals surface area contributed by atoms with Gasteiger partial charge in [-0.1, -0.05) is 0 Å². The fraction of sp³-hybridized carbons (Fsp3) is 1.00. The monoisotopic (exact) mass is 62.0 g/mol. The molecule has 3 nitrogen and oxygen atoms in total. The van der Waals surface area contributed by atoms with Gasteiger partial charge >= 0.3 is 0 Å². The first-order valence-corrected chi connectivity index (χ1v) is 0.606. The third-order valence-electron chi connectivity index (χ3n) is 0.0408. The van der Waals surface area contributed by atoms with Crippen LogP contribution in [0.3, 0.4) is 0 Å².